The number of piperidine rings is 1. The van der Waals surface area contributed by atoms with Crippen LogP contribution >= 0.6 is 0 Å². The summed E-state index contributed by atoms with van der Waals surface area (Å²) in [5.41, 5.74) is 0.0478. The van der Waals surface area contributed by atoms with Crippen molar-refractivity contribution in [3.8, 4) is 0 Å². The van der Waals surface area contributed by atoms with Crippen LogP contribution < -0.4 is 0 Å². The van der Waals surface area contributed by atoms with Crippen molar-refractivity contribution < 1.29 is 18.7 Å². The van der Waals surface area contributed by atoms with Gasteiger partial charge in [0.15, 0.2) is 12.1 Å². The molecule has 1 spiro atoms. The first kappa shape index (κ1) is 18.5. The summed E-state index contributed by atoms with van der Waals surface area (Å²) in [7, 11) is 0. The topological polar surface area (TPSA) is 75.9 Å². The predicted octanol–water partition coefficient (Wildman–Crippen LogP) is 2.40. The number of nitrogens with zero attached hydrogens (tertiary/aromatic N) is 3. The molecule has 0 unspecified atom stereocenters. The quantitative estimate of drug-likeness (QED) is 0.811. The largest absolute Gasteiger partial charge is 0.448 e. The number of amides is 2. The smallest absolute Gasteiger partial charge is 0.276 e. The summed E-state index contributed by atoms with van der Waals surface area (Å²) >= 11 is 0. The number of aryl methyl sites for hydroxylation is 1. The van der Waals surface area contributed by atoms with Gasteiger partial charge in [-0.15, -0.1) is 0 Å². The second-order valence-corrected chi connectivity index (χ2v) is 8.25. The van der Waals surface area contributed by atoms with Crippen LogP contribution in [0.15, 0.2) is 10.8 Å². The number of carbonyl (C=O) groups excluding carboxylic acids is 2. The maximum absolute atomic E-state index is 12.8. The van der Waals surface area contributed by atoms with Crippen molar-refractivity contribution in [1.82, 2.24) is 14.8 Å². The zero-order valence-electron chi connectivity index (χ0n) is 16.1. The van der Waals surface area contributed by atoms with E-state index in [4.69, 9.17) is 9.15 Å². The lowest BCUT2D eigenvalue weighted by Crippen LogP contribution is -2.58. The van der Waals surface area contributed by atoms with Crippen LogP contribution in [0, 0.1) is 12.8 Å². The third kappa shape index (κ3) is 3.88. The standard InChI is InChI=1S/C20H29N3O4/c1-15-18(21-14-26-15)19(25)23-10-11-27-20(13-23)6-8-22(9-7-20)17(24)12-16-4-2-3-5-16/h14,16H,2-13H2,1H3. The molecule has 1 saturated carbocycles. The average Bonchev–Trinajstić information content (AvgIpc) is 3.33. The first-order valence-electron chi connectivity index (χ1n) is 10.2. The minimum absolute atomic E-state index is 0.0938. The van der Waals surface area contributed by atoms with E-state index in [2.05, 4.69) is 4.98 Å². The molecule has 1 aromatic heterocycles. The number of oxazole rings is 1. The number of rotatable bonds is 3. The molecule has 4 rings (SSSR count). The highest BCUT2D eigenvalue weighted by Gasteiger charge is 2.42. The Balaban J connectivity index is 1.34. The molecule has 0 bridgehead atoms. The lowest BCUT2D eigenvalue weighted by Gasteiger charge is -2.47. The molecule has 1 aliphatic carbocycles. The highest BCUT2D eigenvalue weighted by atomic mass is 16.5. The summed E-state index contributed by atoms with van der Waals surface area (Å²) in [5.74, 6) is 1.33. The molecule has 7 nitrogen and oxygen atoms in total. The molecule has 1 aromatic rings. The Kier molecular flexibility index (Phi) is 5.21. The molecule has 0 N–H and O–H groups in total. The van der Waals surface area contributed by atoms with E-state index < -0.39 is 0 Å². The molecule has 7 heteroatoms. The Morgan fingerprint density at radius 2 is 1.93 bits per heavy atom. The van der Waals surface area contributed by atoms with E-state index in [-0.39, 0.29) is 11.5 Å². The maximum atomic E-state index is 12.8. The van der Waals surface area contributed by atoms with Crippen LogP contribution in [0.1, 0.15) is 61.2 Å². The van der Waals surface area contributed by atoms with E-state index in [1.807, 2.05) is 9.80 Å². The van der Waals surface area contributed by atoms with E-state index in [1.165, 1.54) is 32.1 Å². The van der Waals surface area contributed by atoms with Crippen LogP contribution in [-0.4, -0.2) is 65.0 Å². The van der Waals surface area contributed by atoms with Crippen LogP contribution in [0.3, 0.4) is 0 Å². The molecule has 148 valence electrons. The van der Waals surface area contributed by atoms with E-state index >= 15 is 0 Å². The minimum atomic E-state index is -0.338. The summed E-state index contributed by atoms with van der Waals surface area (Å²) in [6.45, 7) is 4.84. The van der Waals surface area contributed by atoms with Crippen molar-refractivity contribution >= 4 is 11.8 Å². The second kappa shape index (κ2) is 7.62. The van der Waals surface area contributed by atoms with Crippen LogP contribution in [0.2, 0.25) is 0 Å². The molecule has 3 fully saturated rings. The number of hydrogen-bond donors (Lipinski definition) is 0. The maximum Gasteiger partial charge on any atom is 0.276 e. The lowest BCUT2D eigenvalue weighted by atomic mass is 9.88. The molecule has 27 heavy (non-hydrogen) atoms. The SMILES string of the molecule is Cc1ocnc1C(=O)N1CCOC2(CCN(C(=O)CC3CCCC3)CC2)C1. The van der Waals surface area contributed by atoms with Gasteiger partial charge in [0.2, 0.25) is 5.91 Å². The molecule has 2 aliphatic heterocycles. The van der Waals surface area contributed by atoms with E-state index in [9.17, 15) is 9.59 Å². The minimum Gasteiger partial charge on any atom is -0.448 e. The Bertz CT molecular complexity index is 687. The highest BCUT2D eigenvalue weighted by Crippen LogP contribution is 2.33. The average molecular weight is 375 g/mol. The van der Waals surface area contributed by atoms with Crippen LogP contribution in [-0.2, 0) is 9.53 Å². The second-order valence-electron chi connectivity index (χ2n) is 8.25. The zero-order valence-corrected chi connectivity index (χ0v) is 16.1. The summed E-state index contributed by atoms with van der Waals surface area (Å²) < 4.78 is 11.3. The van der Waals surface area contributed by atoms with Gasteiger partial charge in [0, 0.05) is 26.1 Å². The van der Waals surface area contributed by atoms with Crippen molar-refractivity contribution in [2.24, 2.45) is 5.92 Å². The number of likely N-dealkylation sites (tertiary alicyclic amines) is 1. The fourth-order valence-corrected chi connectivity index (χ4v) is 4.74. The fraction of sp³-hybridized carbons (Fsp3) is 0.750. The molecule has 0 atom stereocenters. The van der Waals surface area contributed by atoms with Gasteiger partial charge in [-0.25, -0.2) is 4.98 Å². The number of aromatic nitrogens is 1. The van der Waals surface area contributed by atoms with Crippen molar-refractivity contribution in [3.05, 3.63) is 17.8 Å². The molecule has 2 amide bonds. The third-order valence-electron chi connectivity index (χ3n) is 6.45. The molecular formula is C20H29N3O4. The molecule has 2 saturated heterocycles. The first-order valence-corrected chi connectivity index (χ1v) is 10.2. The normalized spacial score (nSPS) is 23.1. The van der Waals surface area contributed by atoms with Gasteiger partial charge in [-0.1, -0.05) is 12.8 Å². The summed E-state index contributed by atoms with van der Waals surface area (Å²) in [5, 5.41) is 0. The van der Waals surface area contributed by atoms with Gasteiger partial charge in [-0.05, 0) is 38.5 Å². The Hall–Kier alpha value is -1.89. The van der Waals surface area contributed by atoms with Crippen molar-refractivity contribution in [1.29, 1.82) is 0 Å². The first-order chi connectivity index (χ1) is 13.1. The summed E-state index contributed by atoms with van der Waals surface area (Å²) in [4.78, 5) is 33.2. The van der Waals surface area contributed by atoms with Gasteiger partial charge in [0.1, 0.15) is 5.76 Å². The molecule has 0 radical (unpaired) electrons. The summed E-state index contributed by atoms with van der Waals surface area (Å²) in [6, 6.07) is 0. The zero-order chi connectivity index (χ0) is 18.9. The van der Waals surface area contributed by atoms with Crippen LogP contribution in [0.4, 0.5) is 0 Å². The van der Waals surface area contributed by atoms with Gasteiger partial charge in [0.25, 0.3) is 5.91 Å². The number of carbonyl (C=O) groups is 2. The molecule has 3 heterocycles. The van der Waals surface area contributed by atoms with E-state index in [0.717, 1.165) is 25.9 Å². The Labute approximate surface area is 160 Å². The Morgan fingerprint density at radius 1 is 1.19 bits per heavy atom. The molecular weight excluding hydrogens is 346 g/mol. The van der Waals surface area contributed by atoms with Gasteiger partial charge in [-0.3, -0.25) is 9.59 Å². The monoisotopic (exact) mass is 375 g/mol. The molecule has 3 aliphatic rings. The third-order valence-corrected chi connectivity index (χ3v) is 6.45. The van der Waals surface area contributed by atoms with Crippen molar-refractivity contribution in [2.45, 2.75) is 57.5 Å². The van der Waals surface area contributed by atoms with Gasteiger partial charge < -0.3 is 19.0 Å². The van der Waals surface area contributed by atoms with E-state index in [1.54, 1.807) is 6.92 Å². The van der Waals surface area contributed by atoms with Crippen molar-refractivity contribution in [3.63, 3.8) is 0 Å². The fourth-order valence-electron chi connectivity index (χ4n) is 4.74. The number of ether oxygens (including phenoxy) is 1. The number of morpholine rings is 1. The summed E-state index contributed by atoms with van der Waals surface area (Å²) in [6.07, 6.45) is 8.51. The van der Waals surface area contributed by atoms with Gasteiger partial charge in [-0.2, -0.15) is 0 Å². The molecule has 0 aromatic carbocycles. The van der Waals surface area contributed by atoms with Crippen LogP contribution in [0.5, 0.6) is 0 Å². The highest BCUT2D eigenvalue weighted by molar-refractivity contribution is 5.93. The van der Waals surface area contributed by atoms with Gasteiger partial charge >= 0.3 is 0 Å². The Morgan fingerprint density at radius 3 is 2.59 bits per heavy atom. The number of hydrogen-bond acceptors (Lipinski definition) is 5. The van der Waals surface area contributed by atoms with Crippen molar-refractivity contribution in [2.75, 3.05) is 32.8 Å². The predicted molar refractivity (Wildman–Crippen MR) is 98.2 cm³/mol. The van der Waals surface area contributed by atoms with E-state index in [0.29, 0.717) is 49.4 Å². The van der Waals surface area contributed by atoms with Crippen LogP contribution in [0.25, 0.3) is 0 Å². The lowest BCUT2D eigenvalue weighted by molar-refractivity contribution is -0.147. The van der Waals surface area contributed by atoms with Gasteiger partial charge in [0.05, 0.1) is 18.8 Å².